The number of carbonyl (C=O) groups is 2. The van der Waals surface area contributed by atoms with Gasteiger partial charge in [0.25, 0.3) is 5.91 Å². The molecule has 0 spiro atoms. The Balaban J connectivity index is 1.36. The van der Waals surface area contributed by atoms with Gasteiger partial charge in [-0.1, -0.05) is 13.3 Å². The minimum Gasteiger partial charge on any atom is -0.381 e. The van der Waals surface area contributed by atoms with E-state index in [0.29, 0.717) is 6.42 Å². The first-order chi connectivity index (χ1) is 16.4. The molecule has 2 aromatic heterocycles. The molecule has 10 nitrogen and oxygen atoms in total. The maximum atomic E-state index is 13.6. The van der Waals surface area contributed by atoms with Crippen LogP contribution in [0.4, 0.5) is 10.2 Å². The number of anilines is 1. The molecule has 0 bridgehead atoms. The lowest BCUT2D eigenvalue weighted by molar-refractivity contribution is -0.131. The maximum absolute atomic E-state index is 13.6. The molecule has 3 aliphatic rings. The Morgan fingerprint density at radius 2 is 2.12 bits per heavy atom. The monoisotopic (exact) mass is 472 g/mol. The molecule has 11 heteroatoms. The lowest BCUT2D eigenvalue weighted by Gasteiger charge is -2.48. The molecule has 2 unspecified atom stereocenters. The molecular formula is C23H33FN8O2. The Hall–Kier alpha value is -2.79. The van der Waals surface area contributed by atoms with Crippen molar-refractivity contribution >= 4 is 23.3 Å². The van der Waals surface area contributed by atoms with E-state index in [-0.39, 0.29) is 47.0 Å². The summed E-state index contributed by atoms with van der Waals surface area (Å²) in [6.07, 6.45) is 6.95. The van der Waals surface area contributed by atoms with E-state index >= 15 is 0 Å². The third-order valence-electron chi connectivity index (χ3n) is 7.49. The Bertz CT molecular complexity index is 1070. The summed E-state index contributed by atoms with van der Waals surface area (Å²) in [4.78, 5) is 36.5. The molecule has 0 aromatic carbocycles. The molecule has 34 heavy (non-hydrogen) atoms. The standard InChI is InChI=1S/C23H33FN8O2/c1-2-3-7-29-8-6-18(30-9-10-31-16(13-30)4-5-19(31)33)17(14-29)27-23(34)20-21(25)28-32-12-15(24)11-26-22(20)32/h11-12,16-18H,2-10,13-14H2,1H3,(H2,25,28)(H,27,34)/t16-,17?,18?/m1/s1. The number of hydrogen-bond donors (Lipinski definition) is 2. The van der Waals surface area contributed by atoms with Crippen LogP contribution in [0, 0.1) is 5.82 Å². The fraction of sp³-hybridized carbons (Fsp3) is 0.652. The highest BCUT2D eigenvalue weighted by Gasteiger charge is 2.41. The van der Waals surface area contributed by atoms with Crippen molar-refractivity contribution in [2.24, 2.45) is 0 Å². The summed E-state index contributed by atoms with van der Waals surface area (Å²) in [5, 5.41) is 7.29. The number of piperidine rings is 1. The van der Waals surface area contributed by atoms with Gasteiger partial charge in [-0.2, -0.15) is 0 Å². The first-order valence-electron chi connectivity index (χ1n) is 12.3. The third kappa shape index (κ3) is 4.34. The van der Waals surface area contributed by atoms with E-state index in [1.165, 1.54) is 4.52 Å². The molecule has 5 rings (SSSR count). The van der Waals surface area contributed by atoms with Crippen molar-refractivity contribution in [1.29, 1.82) is 0 Å². The predicted molar refractivity (Wildman–Crippen MR) is 125 cm³/mol. The first-order valence-corrected chi connectivity index (χ1v) is 12.3. The van der Waals surface area contributed by atoms with Gasteiger partial charge in [0, 0.05) is 44.7 Å². The SMILES string of the molecule is CCCCN1CCC(N2CCN3C(=O)CC[C@@H]3C2)C(NC(=O)c2c(N)nn3cc(F)cnc23)C1. The molecule has 2 amide bonds. The molecule has 5 heterocycles. The van der Waals surface area contributed by atoms with Gasteiger partial charge in [0.2, 0.25) is 5.91 Å². The van der Waals surface area contributed by atoms with Gasteiger partial charge in [0.15, 0.2) is 17.3 Å². The molecule has 0 saturated carbocycles. The van der Waals surface area contributed by atoms with Gasteiger partial charge in [-0.15, -0.1) is 5.10 Å². The van der Waals surface area contributed by atoms with E-state index in [9.17, 15) is 14.0 Å². The minimum absolute atomic E-state index is 0.0314. The Kier molecular flexibility index (Phi) is 6.39. The Morgan fingerprint density at radius 3 is 2.94 bits per heavy atom. The highest BCUT2D eigenvalue weighted by atomic mass is 19.1. The third-order valence-corrected chi connectivity index (χ3v) is 7.49. The van der Waals surface area contributed by atoms with E-state index in [1.54, 1.807) is 0 Å². The number of piperazine rings is 1. The van der Waals surface area contributed by atoms with Crippen molar-refractivity contribution in [2.45, 2.75) is 57.2 Å². The van der Waals surface area contributed by atoms with Gasteiger partial charge >= 0.3 is 0 Å². The van der Waals surface area contributed by atoms with Gasteiger partial charge in [0.1, 0.15) is 5.56 Å². The summed E-state index contributed by atoms with van der Waals surface area (Å²) >= 11 is 0. The number of rotatable bonds is 6. The van der Waals surface area contributed by atoms with Crippen LogP contribution in [0.2, 0.25) is 0 Å². The predicted octanol–water partition coefficient (Wildman–Crippen LogP) is 0.730. The molecule has 3 N–H and O–H groups in total. The number of carbonyl (C=O) groups excluding carboxylic acids is 2. The van der Waals surface area contributed by atoms with Crippen LogP contribution in [0.1, 0.15) is 49.4 Å². The van der Waals surface area contributed by atoms with Crippen molar-refractivity contribution in [3.8, 4) is 0 Å². The molecular weight excluding hydrogens is 439 g/mol. The highest BCUT2D eigenvalue weighted by Crippen LogP contribution is 2.27. The number of hydrogen-bond acceptors (Lipinski definition) is 7. The topological polar surface area (TPSA) is 112 Å². The van der Waals surface area contributed by atoms with E-state index in [4.69, 9.17) is 5.73 Å². The van der Waals surface area contributed by atoms with E-state index in [1.807, 2.05) is 4.90 Å². The van der Waals surface area contributed by atoms with Crippen LogP contribution in [-0.4, -0.2) is 98.5 Å². The number of likely N-dealkylation sites (tertiary alicyclic amines) is 1. The van der Waals surface area contributed by atoms with E-state index < -0.39 is 5.82 Å². The fourth-order valence-corrected chi connectivity index (χ4v) is 5.75. The number of amides is 2. The summed E-state index contributed by atoms with van der Waals surface area (Å²) < 4.78 is 14.8. The molecule has 184 valence electrons. The second kappa shape index (κ2) is 9.46. The maximum Gasteiger partial charge on any atom is 0.259 e. The number of nitrogen functional groups attached to an aromatic ring is 1. The van der Waals surface area contributed by atoms with Crippen LogP contribution in [0.5, 0.6) is 0 Å². The molecule has 0 aliphatic carbocycles. The van der Waals surface area contributed by atoms with Gasteiger partial charge in [-0.05, 0) is 32.4 Å². The van der Waals surface area contributed by atoms with Gasteiger partial charge in [-0.3, -0.25) is 14.5 Å². The molecule has 3 fully saturated rings. The second-order valence-corrected chi connectivity index (χ2v) is 9.67. The smallest absolute Gasteiger partial charge is 0.259 e. The minimum atomic E-state index is -0.551. The summed E-state index contributed by atoms with van der Waals surface area (Å²) in [5.41, 5.74) is 6.45. The van der Waals surface area contributed by atoms with E-state index in [0.717, 1.165) is 77.3 Å². The zero-order valence-electron chi connectivity index (χ0n) is 19.6. The van der Waals surface area contributed by atoms with Crippen molar-refractivity contribution in [3.63, 3.8) is 0 Å². The second-order valence-electron chi connectivity index (χ2n) is 9.67. The van der Waals surface area contributed by atoms with Gasteiger partial charge in [0.05, 0.1) is 18.4 Å². The lowest BCUT2D eigenvalue weighted by atomic mass is 9.95. The molecule has 2 aromatic rings. The Morgan fingerprint density at radius 1 is 1.26 bits per heavy atom. The van der Waals surface area contributed by atoms with E-state index in [2.05, 4.69) is 32.1 Å². The molecule has 3 aliphatic heterocycles. The van der Waals surface area contributed by atoms with Crippen molar-refractivity contribution in [3.05, 3.63) is 23.8 Å². The zero-order valence-corrected chi connectivity index (χ0v) is 19.6. The summed E-state index contributed by atoms with van der Waals surface area (Å²) in [7, 11) is 0. The Labute approximate surface area is 198 Å². The number of halogens is 1. The quantitative estimate of drug-likeness (QED) is 0.637. The zero-order chi connectivity index (χ0) is 23.8. The number of aromatic nitrogens is 3. The molecule has 0 radical (unpaired) electrons. The number of fused-ring (bicyclic) bond motifs is 2. The highest BCUT2D eigenvalue weighted by molar-refractivity contribution is 6.04. The number of nitrogens with two attached hydrogens (primary N) is 1. The van der Waals surface area contributed by atoms with Gasteiger partial charge < -0.3 is 20.9 Å². The van der Waals surface area contributed by atoms with Crippen LogP contribution in [0.25, 0.3) is 5.65 Å². The average molecular weight is 473 g/mol. The fourth-order valence-electron chi connectivity index (χ4n) is 5.75. The molecule has 3 saturated heterocycles. The van der Waals surface area contributed by atoms with Crippen LogP contribution in [0.3, 0.4) is 0 Å². The number of unbranched alkanes of at least 4 members (excludes halogenated alkanes) is 1. The van der Waals surface area contributed by atoms with Crippen LogP contribution in [0.15, 0.2) is 12.4 Å². The first kappa shape index (κ1) is 23.0. The summed E-state index contributed by atoms with van der Waals surface area (Å²) in [6, 6.07) is 0.342. The van der Waals surface area contributed by atoms with Crippen molar-refractivity contribution < 1.29 is 14.0 Å². The van der Waals surface area contributed by atoms with Crippen molar-refractivity contribution in [2.75, 3.05) is 45.0 Å². The van der Waals surface area contributed by atoms with Gasteiger partial charge in [-0.25, -0.2) is 13.9 Å². The van der Waals surface area contributed by atoms with Crippen LogP contribution in [-0.2, 0) is 4.79 Å². The summed E-state index contributed by atoms with van der Waals surface area (Å²) in [5.74, 6) is -0.598. The largest absolute Gasteiger partial charge is 0.381 e. The summed E-state index contributed by atoms with van der Waals surface area (Å²) in [6.45, 7) is 7.32. The van der Waals surface area contributed by atoms with Crippen LogP contribution < -0.4 is 11.1 Å². The average Bonchev–Trinajstić information content (AvgIpc) is 3.35. The van der Waals surface area contributed by atoms with Crippen LogP contribution >= 0.6 is 0 Å². The lowest BCUT2D eigenvalue weighted by Crippen LogP contribution is -2.64. The van der Waals surface area contributed by atoms with Crippen molar-refractivity contribution in [1.82, 2.24) is 34.6 Å². The molecule has 3 atom stereocenters. The number of nitrogens with zero attached hydrogens (tertiary/aromatic N) is 6. The normalized spacial score (nSPS) is 26.2. The number of nitrogens with one attached hydrogen (secondary N) is 1.